The summed E-state index contributed by atoms with van der Waals surface area (Å²) in [7, 11) is 0. The number of benzene rings is 1. The first kappa shape index (κ1) is 13.2. The first-order valence-corrected chi connectivity index (χ1v) is 7.01. The molecule has 0 amide bonds. The average molecular weight is 303 g/mol. The van der Waals surface area contributed by atoms with E-state index in [9.17, 15) is 0 Å². The van der Waals surface area contributed by atoms with Crippen LogP contribution < -0.4 is 11.5 Å². The standard InChI is InChI=1S/C16H13N7/c17-14-6-5-13(15(18)21-14)23-22-9-3-4-12-11(8-9)10-2-1-7-19-16(10)20-12/h1-8H,(H,19,20)(H4,17,18,21). The van der Waals surface area contributed by atoms with Gasteiger partial charge in [-0.05, 0) is 42.5 Å². The van der Waals surface area contributed by atoms with Gasteiger partial charge >= 0.3 is 0 Å². The summed E-state index contributed by atoms with van der Waals surface area (Å²) in [6.45, 7) is 0. The Balaban J connectivity index is 1.76. The number of nitrogens with two attached hydrogens (primary N) is 2. The van der Waals surface area contributed by atoms with E-state index in [0.717, 1.165) is 27.6 Å². The van der Waals surface area contributed by atoms with E-state index in [1.807, 2.05) is 30.3 Å². The number of hydrogen-bond acceptors (Lipinski definition) is 6. The quantitative estimate of drug-likeness (QED) is 0.489. The first-order chi connectivity index (χ1) is 11.2. The number of aromatic nitrogens is 3. The molecule has 7 nitrogen and oxygen atoms in total. The maximum Gasteiger partial charge on any atom is 0.153 e. The minimum atomic E-state index is 0.256. The molecule has 0 fully saturated rings. The molecule has 0 atom stereocenters. The number of hydrogen-bond donors (Lipinski definition) is 3. The summed E-state index contributed by atoms with van der Waals surface area (Å²) in [5.74, 6) is 0.611. The molecule has 0 aliphatic carbocycles. The number of aromatic amines is 1. The van der Waals surface area contributed by atoms with Crippen LogP contribution in [0.3, 0.4) is 0 Å². The largest absolute Gasteiger partial charge is 0.384 e. The number of nitrogen functional groups attached to an aromatic ring is 2. The van der Waals surface area contributed by atoms with Gasteiger partial charge in [-0.2, -0.15) is 5.11 Å². The molecule has 0 saturated carbocycles. The van der Waals surface area contributed by atoms with Crippen LogP contribution >= 0.6 is 0 Å². The molecule has 0 saturated heterocycles. The number of nitrogens with one attached hydrogen (secondary N) is 1. The Hall–Kier alpha value is -3.48. The molecule has 3 heterocycles. The van der Waals surface area contributed by atoms with Crippen molar-refractivity contribution in [2.75, 3.05) is 11.5 Å². The fourth-order valence-electron chi connectivity index (χ4n) is 2.46. The number of anilines is 2. The van der Waals surface area contributed by atoms with E-state index in [1.165, 1.54) is 0 Å². The van der Waals surface area contributed by atoms with Crippen LogP contribution in [-0.4, -0.2) is 15.0 Å². The molecule has 0 radical (unpaired) electrons. The van der Waals surface area contributed by atoms with Gasteiger partial charge < -0.3 is 16.5 Å². The van der Waals surface area contributed by atoms with Crippen LogP contribution in [0.4, 0.5) is 23.0 Å². The average Bonchev–Trinajstić information content (AvgIpc) is 2.92. The first-order valence-electron chi connectivity index (χ1n) is 7.01. The number of pyridine rings is 2. The fourth-order valence-corrected chi connectivity index (χ4v) is 2.46. The van der Waals surface area contributed by atoms with Gasteiger partial charge in [-0.15, -0.1) is 5.11 Å². The van der Waals surface area contributed by atoms with Crippen molar-refractivity contribution in [3.63, 3.8) is 0 Å². The van der Waals surface area contributed by atoms with Gasteiger partial charge in [0.1, 0.15) is 17.2 Å². The highest BCUT2D eigenvalue weighted by Gasteiger charge is 2.05. The highest BCUT2D eigenvalue weighted by Crippen LogP contribution is 2.29. The lowest BCUT2D eigenvalue weighted by molar-refractivity contribution is 1.21. The maximum atomic E-state index is 5.78. The van der Waals surface area contributed by atoms with Crippen molar-refractivity contribution in [3.05, 3.63) is 48.7 Å². The minimum Gasteiger partial charge on any atom is -0.384 e. The molecule has 5 N–H and O–H groups in total. The van der Waals surface area contributed by atoms with Gasteiger partial charge in [0.15, 0.2) is 5.82 Å². The zero-order valence-corrected chi connectivity index (χ0v) is 12.1. The summed E-state index contributed by atoms with van der Waals surface area (Å²) in [5, 5.41) is 10.5. The van der Waals surface area contributed by atoms with Gasteiger partial charge in [-0.3, -0.25) is 0 Å². The molecule has 1 aromatic carbocycles. The minimum absolute atomic E-state index is 0.256. The van der Waals surface area contributed by atoms with E-state index < -0.39 is 0 Å². The molecule has 4 rings (SSSR count). The second-order valence-electron chi connectivity index (χ2n) is 5.09. The van der Waals surface area contributed by atoms with Crippen molar-refractivity contribution < 1.29 is 0 Å². The molecule has 0 bridgehead atoms. The van der Waals surface area contributed by atoms with Gasteiger partial charge in [-0.25, -0.2) is 9.97 Å². The molecular weight excluding hydrogens is 290 g/mol. The second kappa shape index (κ2) is 5.06. The number of fused-ring (bicyclic) bond motifs is 3. The van der Waals surface area contributed by atoms with Crippen molar-refractivity contribution >= 4 is 44.9 Å². The SMILES string of the molecule is Nc1ccc(N=Nc2ccc3[nH]c4ncccc4c3c2)c(N)n1. The third-order valence-electron chi connectivity index (χ3n) is 3.55. The number of H-pyrrole nitrogens is 1. The van der Waals surface area contributed by atoms with E-state index in [4.69, 9.17) is 11.5 Å². The lowest BCUT2D eigenvalue weighted by Crippen LogP contribution is -1.95. The third-order valence-corrected chi connectivity index (χ3v) is 3.55. The Morgan fingerprint density at radius 2 is 1.87 bits per heavy atom. The Labute approximate surface area is 131 Å². The molecule has 0 aliphatic rings. The number of nitrogens with zero attached hydrogens (tertiary/aromatic N) is 4. The Morgan fingerprint density at radius 1 is 0.957 bits per heavy atom. The molecule has 0 aliphatic heterocycles. The predicted molar refractivity (Wildman–Crippen MR) is 90.8 cm³/mol. The number of rotatable bonds is 2. The Morgan fingerprint density at radius 3 is 2.74 bits per heavy atom. The highest BCUT2D eigenvalue weighted by molar-refractivity contribution is 6.06. The van der Waals surface area contributed by atoms with E-state index in [0.29, 0.717) is 11.5 Å². The van der Waals surface area contributed by atoms with E-state index in [2.05, 4.69) is 25.2 Å². The third kappa shape index (κ3) is 2.34. The predicted octanol–water partition coefficient (Wildman–Crippen LogP) is 3.69. The molecule has 7 heteroatoms. The van der Waals surface area contributed by atoms with Crippen molar-refractivity contribution in [2.45, 2.75) is 0 Å². The van der Waals surface area contributed by atoms with Crippen LogP contribution in [0.15, 0.2) is 58.9 Å². The van der Waals surface area contributed by atoms with Crippen molar-refractivity contribution in [1.82, 2.24) is 15.0 Å². The molecule has 3 aromatic heterocycles. The van der Waals surface area contributed by atoms with Crippen LogP contribution in [-0.2, 0) is 0 Å². The van der Waals surface area contributed by atoms with Gasteiger partial charge in [-0.1, -0.05) is 0 Å². The highest BCUT2D eigenvalue weighted by atomic mass is 15.1. The van der Waals surface area contributed by atoms with Gasteiger partial charge in [0.05, 0.1) is 5.69 Å². The van der Waals surface area contributed by atoms with Crippen LogP contribution in [0, 0.1) is 0 Å². The summed E-state index contributed by atoms with van der Waals surface area (Å²) in [4.78, 5) is 11.5. The molecule has 0 spiro atoms. The maximum absolute atomic E-state index is 5.78. The van der Waals surface area contributed by atoms with E-state index in [1.54, 1.807) is 18.3 Å². The Kier molecular flexibility index (Phi) is 2.90. The van der Waals surface area contributed by atoms with Gasteiger partial charge in [0, 0.05) is 22.5 Å². The summed E-state index contributed by atoms with van der Waals surface area (Å²) in [6, 6.07) is 13.0. The molecule has 23 heavy (non-hydrogen) atoms. The molecular formula is C16H13N7. The summed E-state index contributed by atoms with van der Waals surface area (Å²) >= 11 is 0. The van der Waals surface area contributed by atoms with Gasteiger partial charge in [0.25, 0.3) is 0 Å². The van der Waals surface area contributed by atoms with Crippen molar-refractivity contribution in [2.24, 2.45) is 10.2 Å². The van der Waals surface area contributed by atoms with Crippen molar-refractivity contribution in [1.29, 1.82) is 0 Å². The smallest absolute Gasteiger partial charge is 0.153 e. The van der Waals surface area contributed by atoms with Crippen molar-refractivity contribution in [3.8, 4) is 0 Å². The number of azo groups is 1. The molecule has 112 valence electrons. The van der Waals surface area contributed by atoms with E-state index in [-0.39, 0.29) is 5.82 Å². The normalized spacial score (nSPS) is 11.7. The summed E-state index contributed by atoms with van der Waals surface area (Å²) in [5.41, 5.74) is 14.4. The molecule has 0 unspecified atom stereocenters. The monoisotopic (exact) mass is 303 g/mol. The lowest BCUT2D eigenvalue weighted by Gasteiger charge is -1.99. The van der Waals surface area contributed by atoms with Crippen LogP contribution in [0.25, 0.3) is 21.9 Å². The van der Waals surface area contributed by atoms with Crippen LogP contribution in [0.2, 0.25) is 0 Å². The lowest BCUT2D eigenvalue weighted by atomic mass is 10.2. The topological polar surface area (TPSA) is 118 Å². The zero-order chi connectivity index (χ0) is 15.8. The van der Waals surface area contributed by atoms with Crippen LogP contribution in [0.5, 0.6) is 0 Å². The summed E-state index contributed by atoms with van der Waals surface area (Å²) < 4.78 is 0. The van der Waals surface area contributed by atoms with Crippen LogP contribution in [0.1, 0.15) is 0 Å². The molecule has 4 aromatic rings. The van der Waals surface area contributed by atoms with E-state index >= 15 is 0 Å². The zero-order valence-electron chi connectivity index (χ0n) is 12.1. The fraction of sp³-hybridized carbons (Fsp3) is 0. The van der Waals surface area contributed by atoms with Gasteiger partial charge in [0.2, 0.25) is 0 Å². The Bertz CT molecular complexity index is 1050. The summed E-state index contributed by atoms with van der Waals surface area (Å²) in [6.07, 6.45) is 1.76. The second-order valence-corrected chi connectivity index (χ2v) is 5.09.